The summed E-state index contributed by atoms with van der Waals surface area (Å²) < 4.78 is 275. The third kappa shape index (κ3) is 32.9. The molecule has 8 heterocycles. The average molecular weight is 2110 g/mol. The molecule has 0 fully saturated rings. The fourth-order valence-corrected chi connectivity index (χ4v) is 18.7. The molecule has 4 atom stereocenters. The number of anilines is 8. The van der Waals surface area contributed by atoms with Crippen LogP contribution in [0.15, 0.2) is 167 Å². The van der Waals surface area contributed by atoms with E-state index < -0.39 is 138 Å². The third-order valence-corrected chi connectivity index (χ3v) is 25.3. The van der Waals surface area contributed by atoms with E-state index in [1.807, 2.05) is 0 Å². The van der Waals surface area contributed by atoms with Crippen LogP contribution in [-0.4, -0.2) is 158 Å². The maximum absolute atomic E-state index is 15.2. The van der Waals surface area contributed by atoms with Crippen LogP contribution in [0.2, 0.25) is 0 Å². The number of rotatable bonds is 8. The van der Waals surface area contributed by atoms with Crippen LogP contribution in [-0.2, 0) is 71.4 Å². The molecule has 32 nitrogen and oxygen atoms in total. The molecule has 4 aliphatic heterocycles. The number of nitrogens with zero attached hydrogens (tertiary/aromatic N) is 10. The van der Waals surface area contributed by atoms with Crippen LogP contribution in [0, 0.1) is 67.7 Å². The first-order valence-corrected chi connectivity index (χ1v) is 54.2. The molecule has 776 valence electrons. The van der Waals surface area contributed by atoms with Crippen molar-refractivity contribution in [1.29, 1.82) is 9.56 Å². The molecule has 0 saturated heterocycles. The largest absolute Gasteiger partial charge is 0.494 e. The van der Waals surface area contributed by atoms with Crippen LogP contribution < -0.4 is 59.2 Å². The Morgan fingerprint density at radius 3 is 0.904 bits per heavy atom. The average Bonchev–Trinajstić information content (AvgIpc) is 0.801. The van der Waals surface area contributed by atoms with E-state index >= 15 is 8.78 Å². The molecule has 12 aromatic rings. The smallest absolute Gasteiger partial charge is 0.442 e. The van der Waals surface area contributed by atoms with Crippen molar-refractivity contribution in [2.45, 2.75) is 140 Å². The van der Waals surface area contributed by atoms with Crippen molar-refractivity contribution in [3.63, 3.8) is 0 Å². The van der Waals surface area contributed by atoms with E-state index in [0.29, 0.717) is 151 Å². The predicted octanol–water partition coefficient (Wildman–Crippen LogP) is 23.3. The van der Waals surface area contributed by atoms with Crippen LogP contribution in [0.1, 0.15) is 128 Å². The van der Waals surface area contributed by atoms with E-state index in [9.17, 15) is 61.5 Å². The molecule has 0 spiro atoms. The first-order valence-electron chi connectivity index (χ1n) is 45.7. The standard InChI is InChI=1S/C28H32F2N4O5S.C27H29F3N4O5S.C23H24F2N4O3S.C22H21F3N4O3S/c1-28(2,3)39-27(35)34-40(4,36)17-18-12-20-15-21(13-18)37-10-6-5-7-11-38-24-14-19(8-9-22(24)29)25-23(30)16-31-26(32-20)33-25;1-27(2,3)39-26(35)34-40(4,36)15-16-11-17-13-18(12-16)37-9-5-6-10-38-24-20(28)8-7-19(22(24)30)23-21(29)14-31-25(32-17)33-23;1-33(26,30)14-15-9-17-12-18(10-15)31-7-3-2-4-8-32-21-11-16(5-6-19(21)24)22-20(25)13-27-23(28-17)29-22;1-33(26,30)12-13-8-14-10-15(9-13)31-6-2-3-7-32-21-17(23)5-4-16(19(21)25)20-18(24)11-27-22(28-14)29-20/h8-9,12-16H,5-7,10-11,17H2,1-4H3,(H,31,32,33);7-8,11-14H,5-6,9-10,15H2,1-4H3,(H,31,32,33);5-6,9-13,26H,2-4,7-8,14H2,1H3,(H,27,28,29);4-5,8-11,26H,2-3,6-7,12H2,1H3,(H,27,28,29). The van der Waals surface area contributed by atoms with Gasteiger partial charge in [0.05, 0.1) is 120 Å². The number of amides is 2. The number of benzene rings is 8. The van der Waals surface area contributed by atoms with Gasteiger partial charge in [-0.25, -0.2) is 110 Å². The number of carbonyl (C=O) groups is 2. The number of carbonyl (C=O) groups excluding carboxylic acids is 2. The molecule has 4 aromatic heterocycles. The number of fused-ring (bicyclic) bond motifs is 28. The summed E-state index contributed by atoms with van der Waals surface area (Å²) in [6.07, 6.45) is 13.7. The van der Waals surface area contributed by atoms with Gasteiger partial charge in [-0.3, -0.25) is 9.56 Å². The molecule has 0 aliphatic carbocycles. The van der Waals surface area contributed by atoms with Gasteiger partial charge in [-0.2, -0.15) is 0 Å². The molecule has 0 radical (unpaired) electrons. The topological polar surface area (TPSA) is 418 Å². The molecule has 2 amide bonds. The highest BCUT2D eigenvalue weighted by Crippen LogP contribution is 2.40. The van der Waals surface area contributed by atoms with Gasteiger partial charge in [-0.15, -0.1) is 8.73 Å². The van der Waals surface area contributed by atoms with Crippen molar-refractivity contribution in [1.82, 2.24) is 39.9 Å². The lowest BCUT2D eigenvalue weighted by atomic mass is 10.1. The Kier molecular flexibility index (Phi) is 35.9. The Bertz CT molecular complexity index is 7350. The number of halogens is 10. The van der Waals surface area contributed by atoms with Gasteiger partial charge in [0, 0.05) is 114 Å². The minimum Gasteiger partial charge on any atom is -0.494 e. The fourth-order valence-electron chi connectivity index (χ4n) is 14.7. The molecular weight excluding hydrogens is 2000 g/mol. The summed E-state index contributed by atoms with van der Waals surface area (Å²) in [5.74, 6) is -7.47. The number of hydrogen-bond acceptors (Lipinski definition) is 30. The van der Waals surface area contributed by atoms with Crippen LogP contribution in [0.3, 0.4) is 0 Å². The number of ether oxygens (including phenoxy) is 10. The van der Waals surface area contributed by atoms with Gasteiger partial charge in [0.1, 0.15) is 57.0 Å². The SMILES string of the molecule is CC(C)(C)OC(=O)N=S(C)(=O)Cc1cc2cc(c1)OCCCCCOc1cc(ccc1F)-c1nc(ncc1F)N2.CC(C)(C)OC(=O)N=S(C)(=O)Cc1cc2cc(c1)OCCCCOc1c(F)ccc(c1F)-c1nc(ncc1F)N2.CS(=N)(=O)Cc1cc2cc(c1)OCCCCCOc1cc(ccc1F)-c1nc(ncc1F)N2.CS(=N)(=O)Cc1cc2cc(c1)OCCCCOc1c(F)ccc(c1F)-c1nc(ncc1F)N2. The lowest BCUT2D eigenvalue weighted by Crippen LogP contribution is -2.22. The Morgan fingerprint density at radius 1 is 0.336 bits per heavy atom. The molecule has 16 rings (SSSR count). The second-order valence-electron chi connectivity index (χ2n) is 36.3. The number of hydrogen-bond donors (Lipinski definition) is 6. The Morgan fingerprint density at radius 2 is 0.603 bits per heavy atom. The third-order valence-electron chi connectivity index (χ3n) is 20.7. The zero-order chi connectivity index (χ0) is 105. The zero-order valence-corrected chi connectivity index (χ0v) is 84.3. The van der Waals surface area contributed by atoms with E-state index in [1.54, 1.807) is 114 Å². The van der Waals surface area contributed by atoms with Crippen molar-refractivity contribution >= 4 is 97.6 Å². The van der Waals surface area contributed by atoms with Crippen molar-refractivity contribution < 1.29 is 118 Å². The predicted molar refractivity (Wildman–Crippen MR) is 532 cm³/mol. The fraction of sp³-hybridized carbons (Fsp3) is 0.340. The summed E-state index contributed by atoms with van der Waals surface area (Å²) in [6.45, 7) is 12.2. The summed E-state index contributed by atoms with van der Waals surface area (Å²) in [6, 6.07) is 32.6. The van der Waals surface area contributed by atoms with E-state index in [0.717, 1.165) is 68.3 Å². The van der Waals surface area contributed by atoms with Gasteiger partial charge in [-0.05, 0) is 237 Å². The van der Waals surface area contributed by atoms with Crippen LogP contribution >= 0.6 is 0 Å². The summed E-state index contributed by atoms with van der Waals surface area (Å²) >= 11 is 0. The van der Waals surface area contributed by atoms with E-state index in [1.165, 1.54) is 61.4 Å². The molecular formula is C100H106F10N16O16S4. The Balaban J connectivity index is 0.000000163. The summed E-state index contributed by atoms with van der Waals surface area (Å²) in [5.41, 5.74) is 2.02. The van der Waals surface area contributed by atoms with Crippen LogP contribution in [0.4, 0.5) is 100 Å². The van der Waals surface area contributed by atoms with Crippen molar-refractivity contribution in [3.8, 4) is 91.0 Å². The minimum absolute atomic E-state index is 0.00275. The number of nitrogens with one attached hydrogen (secondary N) is 6. The minimum atomic E-state index is -3.04. The Labute approximate surface area is 837 Å². The summed E-state index contributed by atoms with van der Waals surface area (Å²) in [5, 5.41) is 11.9. The molecule has 146 heavy (non-hydrogen) atoms. The van der Waals surface area contributed by atoms with Gasteiger partial charge in [-0.1, -0.05) is 0 Å². The molecule has 6 N–H and O–H groups in total. The molecule has 24 bridgehead atoms. The zero-order valence-electron chi connectivity index (χ0n) is 81.0. The number of aromatic nitrogens is 8. The maximum Gasteiger partial charge on any atom is 0.442 e. The summed E-state index contributed by atoms with van der Waals surface area (Å²) in [7, 11) is -11.6. The van der Waals surface area contributed by atoms with Crippen molar-refractivity contribution in [2.75, 3.05) is 99.1 Å². The molecule has 46 heteroatoms. The molecule has 0 saturated carbocycles. The van der Waals surface area contributed by atoms with E-state index in [2.05, 4.69) is 69.9 Å². The first-order chi connectivity index (χ1) is 69.1. The van der Waals surface area contributed by atoms with E-state index in [-0.39, 0.29) is 113 Å². The lowest BCUT2D eigenvalue weighted by molar-refractivity contribution is 0.0595. The summed E-state index contributed by atoms with van der Waals surface area (Å²) in [4.78, 5) is 57.0. The van der Waals surface area contributed by atoms with Gasteiger partial charge in [0.25, 0.3) is 0 Å². The van der Waals surface area contributed by atoms with E-state index in [4.69, 9.17) is 56.9 Å². The van der Waals surface area contributed by atoms with Crippen LogP contribution in [0.25, 0.3) is 45.0 Å². The highest BCUT2D eigenvalue weighted by atomic mass is 32.2. The van der Waals surface area contributed by atoms with Crippen molar-refractivity contribution in [2.24, 2.45) is 8.73 Å². The highest BCUT2D eigenvalue weighted by molar-refractivity contribution is 7.92. The normalized spacial score (nSPS) is 15.4. The molecule has 4 aliphatic rings. The van der Waals surface area contributed by atoms with Gasteiger partial charge in [0.2, 0.25) is 23.8 Å². The second-order valence-corrected chi connectivity index (χ2v) is 45.6. The monoisotopic (exact) mass is 2100 g/mol. The van der Waals surface area contributed by atoms with Gasteiger partial charge in [0.15, 0.2) is 81.2 Å². The molecule has 4 unspecified atom stereocenters. The van der Waals surface area contributed by atoms with Gasteiger partial charge >= 0.3 is 12.2 Å². The quantitative estimate of drug-likeness (QED) is 0.0769. The lowest BCUT2D eigenvalue weighted by Gasteiger charge is -2.18. The first kappa shape index (κ1) is 109. The Hall–Kier alpha value is -14.3. The van der Waals surface area contributed by atoms with Crippen LogP contribution in [0.5, 0.6) is 46.0 Å². The molecule has 8 aromatic carbocycles. The highest BCUT2D eigenvalue weighted by Gasteiger charge is 2.28. The maximum atomic E-state index is 15.2. The second kappa shape index (κ2) is 48.2. The van der Waals surface area contributed by atoms with Gasteiger partial charge < -0.3 is 68.6 Å². The van der Waals surface area contributed by atoms with Crippen molar-refractivity contribution in [3.05, 3.63) is 239 Å².